The van der Waals surface area contributed by atoms with Crippen LogP contribution < -0.4 is 4.72 Å². The molecule has 8 nitrogen and oxygen atoms in total. The van der Waals surface area contributed by atoms with E-state index in [9.17, 15) is 8.42 Å². The summed E-state index contributed by atoms with van der Waals surface area (Å²) in [5.74, 6) is 0.882. The van der Waals surface area contributed by atoms with E-state index in [-0.39, 0.29) is 16.9 Å². The van der Waals surface area contributed by atoms with E-state index in [1.54, 1.807) is 20.2 Å². The molecule has 1 saturated heterocycles. The van der Waals surface area contributed by atoms with Crippen LogP contribution in [0, 0.1) is 12.8 Å². The first-order valence-electron chi connectivity index (χ1n) is 7.47. The van der Waals surface area contributed by atoms with Gasteiger partial charge in [0.05, 0.1) is 5.69 Å². The fourth-order valence-corrected chi connectivity index (χ4v) is 4.23. The summed E-state index contributed by atoms with van der Waals surface area (Å²) in [5, 5.41) is 4.08. The second-order valence-corrected chi connectivity index (χ2v) is 7.58. The van der Waals surface area contributed by atoms with Gasteiger partial charge < -0.3 is 9.30 Å². The molecule has 2 aromatic heterocycles. The molecule has 0 spiro atoms. The van der Waals surface area contributed by atoms with Gasteiger partial charge in [-0.1, -0.05) is 0 Å². The maximum absolute atomic E-state index is 12.5. The number of hydrogen-bond acceptors (Lipinski definition) is 5. The molecule has 1 fully saturated rings. The number of nitrogens with one attached hydrogen (secondary N) is 1. The summed E-state index contributed by atoms with van der Waals surface area (Å²) in [6.45, 7) is 2.61. The van der Waals surface area contributed by atoms with E-state index >= 15 is 0 Å². The molecule has 3 heterocycles. The highest BCUT2D eigenvalue weighted by Crippen LogP contribution is 2.33. The van der Waals surface area contributed by atoms with Gasteiger partial charge in [-0.3, -0.25) is 4.68 Å². The Morgan fingerprint density at radius 3 is 2.83 bits per heavy atom. The lowest BCUT2D eigenvalue weighted by Gasteiger charge is -2.18. The first kappa shape index (κ1) is 16.2. The number of aryl methyl sites for hydroxylation is 3. The van der Waals surface area contributed by atoms with Crippen molar-refractivity contribution in [2.24, 2.45) is 20.0 Å². The van der Waals surface area contributed by atoms with Gasteiger partial charge in [-0.25, -0.2) is 18.1 Å². The van der Waals surface area contributed by atoms with Crippen LogP contribution in [0.2, 0.25) is 0 Å². The van der Waals surface area contributed by atoms with Crippen LogP contribution in [0.3, 0.4) is 0 Å². The Bertz CT molecular complexity index is 795. The summed E-state index contributed by atoms with van der Waals surface area (Å²) in [6.07, 6.45) is 5.70. The van der Waals surface area contributed by atoms with Gasteiger partial charge in [0, 0.05) is 51.8 Å². The molecule has 2 aromatic rings. The number of ether oxygens (including phenoxy) is 1. The highest BCUT2D eigenvalue weighted by molar-refractivity contribution is 7.89. The smallest absolute Gasteiger partial charge is 0.243 e. The van der Waals surface area contributed by atoms with Crippen LogP contribution in [-0.2, 0) is 28.9 Å². The molecule has 0 aliphatic carbocycles. The third-order valence-electron chi connectivity index (χ3n) is 4.12. The van der Waals surface area contributed by atoms with Crippen molar-refractivity contribution in [3.05, 3.63) is 30.1 Å². The fraction of sp³-hybridized carbons (Fsp3) is 0.571. The van der Waals surface area contributed by atoms with E-state index in [0.717, 1.165) is 12.2 Å². The SMILES string of the molecule is Cc1nn(C)cc1S(=O)(=O)NC[C@@H]1CCO[C@H]1c1nccn1C. The predicted molar refractivity (Wildman–Crippen MR) is 83.1 cm³/mol. The van der Waals surface area contributed by atoms with Crippen molar-refractivity contribution in [1.82, 2.24) is 24.1 Å². The van der Waals surface area contributed by atoms with E-state index in [1.807, 2.05) is 17.8 Å². The molecule has 9 heteroatoms. The molecule has 0 radical (unpaired) electrons. The zero-order valence-corrected chi connectivity index (χ0v) is 14.2. The Morgan fingerprint density at radius 2 is 2.22 bits per heavy atom. The molecule has 23 heavy (non-hydrogen) atoms. The lowest BCUT2D eigenvalue weighted by Crippen LogP contribution is -2.31. The van der Waals surface area contributed by atoms with Gasteiger partial charge in [0.25, 0.3) is 0 Å². The highest BCUT2D eigenvalue weighted by Gasteiger charge is 2.33. The van der Waals surface area contributed by atoms with E-state index < -0.39 is 10.0 Å². The van der Waals surface area contributed by atoms with Crippen molar-refractivity contribution in [2.45, 2.75) is 24.3 Å². The predicted octanol–water partition coefficient (Wildman–Crippen LogP) is 0.518. The lowest BCUT2D eigenvalue weighted by atomic mass is 10.0. The Morgan fingerprint density at radius 1 is 1.43 bits per heavy atom. The maximum Gasteiger partial charge on any atom is 0.243 e. The number of imidazole rings is 1. The zero-order chi connectivity index (χ0) is 16.6. The normalized spacial score (nSPS) is 21.9. The van der Waals surface area contributed by atoms with E-state index in [0.29, 0.717) is 18.8 Å². The van der Waals surface area contributed by atoms with Gasteiger partial charge in [0.2, 0.25) is 10.0 Å². The third-order valence-corrected chi connectivity index (χ3v) is 5.65. The highest BCUT2D eigenvalue weighted by atomic mass is 32.2. The molecule has 2 atom stereocenters. The molecule has 0 bridgehead atoms. The van der Waals surface area contributed by atoms with Crippen LogP contribution in [0.1, 0.15) is 24.0 Å². The molecule has 0 amide bonds. The molecular formula is C14H21N5O3S. The van der Waals surface area contributed by atoms with Gasteiger partial charge in [0.1, 0.15) is 16.8 Å². The summed E-state index contributed by atoms with van der Waals surface area (Å²) in [4.78, 5) is 4.53. The first-order chi connectivity index (χ1) is 10.9. The van der Waals surface area contributed by atoms with Gasteiger partial charge in [-0.2, -0.15) is 5.10 Å². The summed E-state index contributed by atoms with van der Waals surface area (Å²) in [5.41, 5.74) is 0.489. The summed E-state index contributed by atoms with van der Waals surface area (Å²) < 4.78 is 36.8. The van der Waals surface area contributed by atoms with Gasteiger partial charge in [-0.05, 0) is 13.3 Å². The summed E-state index contributed by atoms with van der Waals surface area (Å²) in [6, 6.07) is 0. The molecule has 3 rings (SSSR count). The average molecular weight is 339 g/mol. The second-order valence-electron chi connectivity index (χ2n) is 5.84. The Kier molecular flexibility index (Phi) is 4.26. The number of sulfonamides is 1. The van der Waals surface area contributed by atoms with Gasteiger partial charge >= 0.3 is 0 Å². The van der Waals surface area contributed by atoms with Crippen molar-refractivity contribution in [2.75, 3.05) is 13.2 Å². The monoisotopic (exact) mass is 339 g/mol. The Balaban J connectivity index is 1.72. The maximum atomic E-state index is 12.5. The quantitative estimate of drug-likeness (QED) is 0.857. The van der Waals surface area contributed by atoms with Crippen molar-refractivity contribution in [3.8, 4) is 0 Å². The van der Waals surface area contributed by atoms with E-state index in [2.05, 4.69) is 14.8 Å². The molecule has 1 aliphatic rings. The summed E-state index contributed by atoms with van der Waals surface area (Å²) >= 11 is 0. The lowest BCUT2D eigenvalue weighted by molar-refractivity contribution is 0.0823. The Hall–Kier alpha value is -1.71. The van der Waals surface area contributed by atoms with Crippen molar-refractivity contribution >= 4 is 10.0 Å². The minimum atomic E-state index is -3.58. The molecule has 1 N–H and O–H groups in total. The number of aromatic nitrogens is 4. The van der Waals surface area contributed by atoms with Crippen molar-refractivity contribution in [1.29, 1.82) is 0 Å². The molecule has 1 aliphatic heterocycles. The largest absolute Gasteiger partial charge is 0.370 e. The Labute approximate surface area is 135 Å². The number of nitrogens with zero attached hydrogens (tertiary/aromatic N) is 4. The first-order valence-corrected chi connectivity index (χ1v) is 8.95. The molecule has 0 aromatic carbocycles. The van der Waals surface area contributed by atoms with E-state index in [1.165, 1.54) is 10.9 Å². The van der Waals surface area contributed by atoms with Crippen molar-refractivity contribution < 1.29 is 13.2 Å². The number of rotatable bonds is 5. The van der Waals surface area contributed by atoms with Crippen LogP contribution in [0.5, 0.6) is 0 Å². The molecule has 0 saturated carbocycles. The number of hydrogen-bond donors (Lipinski definition) is 1. The van der Waals surface area contributed by atoms with Crippen LogP contribution in [0.15, 0.2) is 23.5 Å². The van der Waals surface area contributed by atoms with Gasteiger partial charge in [0.15, 0.2) is 0 Å². The minimum Gasteiger partial charge on any atom is -0.370 e. The zero-order valence-electron chi connectivity index (χ0n) is 13.4. The van der Waals surface area contributed by atoms with Crippen LogP contribution in [0.4, 0.5) is 0 Å². The topological polar surface area (TPSA) is 91.0 Å². The molecular weight excluding hydrogens is 318 g/mol. The van der Waals surface area contributed by atoms with Crippen molar-refractivity contribution in [3.63, 3.8) is 0 Å². The standard InChI is InChI=1S/C14H21N5O3S/c1-10-12(9-19(3)17-10)23(20,21)16-8-11-4-7-22-13(11)14-15-5-6-18(14)2/h5-6,9,11,13,16H,4,7-8H2,1-3H3/t11-,13+/m0/s1. The van der Waals surface area contributed by atoms with E-state index in [4.69, 9.17) is 4.74 Å². The molecule has 0 unspecified atom stereocenters. The second kappa shape index (κ2) is 6.06. The minimum absolute atomic E-state index is 0.0582. The summed E-state index contributed by atoms with van der Waals surface area (Å²) in [7, 11) is 0.0332. The molecule has 126 valence electrons. The van der Waals surface area contributed by atoms with Crippen LogP contribution in [-0.4, -0.2) is 40.9 Å². The van der Waals surface area contributed by atoms with Crippen LogP contribution in [0.25, 0.3) is 0 Å². The average Bonchev–Trinajstić information content (AvgIpc) is 3.17. The van der Waals surface area contributed by atoms with Crippen LogP contribution >= 0.6 is 0 Å². The third kappa shape index (κ3) is 3.17. The van der Waals surface area contributed by atoms with Gasteiger partial charge in [-0.15, -0.1) is 0 Å². The fourth-order valence-electron chi connectivity index (χ4n) is 2.92.